The number of hydrogen-bond donors (Lipinski definition) is 1. The van der Waals surface area contributed by atoms with Gasteiger partial charge in [-0.2, -0.15) is 0 Å². The average Bonchev–Trinajstić information content (AvgIpc) is 2.00. The Bertz CT molecular complexity index is 199. The van der Waals surface area contributed by atoms with E-state index in [9.17, 15) is 5.11 Å². The highest BCUT2D eigenvalue weighted by atomic mass is 16.7. The van der Waals surface area contributed by atoms with Crippen LogP contribution in [0, 0.1) is 5.41 Å². The third-order valence-corrected chi connectivity index (χ3v) is 2.61. The second kappa shape index (κ2) is 3.80. The molecule has 1 N–H and O–H groups in total. The maximum absolute atomic E-state index is 9.24. The SMILES string of the molecule is CC1CC(C)(C)OC(C(C)(C)CO)O1. The fourth-order valence-corrected chi connectivity index (χ4v) is 1.74. The lowest BCUT2D eigenvalue weighted by Gasteiger charge is -2.45. The Labute approximate surface area is 86.4 Å². The molecule has 1 saturated heterocycles. The molecule has 0 aromatic rings. The molecule has 1 fully saturated rings. The van der Waals surface area contributed by atoms with Gasteiger partial charge in [0, 0.05) is 11.8 Å². The number of hydrogen-bond acceptors (Lipinski definition) is 3. The van der Waals surface area contributed by atoms with Gasteiger partial charge < -0.3 is 14.6 Å². The molecule has 1 rings (SSSR count). The van der Waals surface area contributed by atoms with Gasteiger partial charge in [-0.05, 0) is 20.8 Å². The van der Waals surface area contributed by atoms with E-state index in [4.69, 9.17) is 9.47 Å². The van der Waals surface area contributed by atoms with Crippen LogP contribution in [0.4, 0.5) is 0 Å². The summed E-state index contributed by atoms with van der Waals surface area (Å²) in [6.45, 7) is 10.1. The first-order valence-electron chi connectivity index (χ1n) is 5.21. The molecule has 0 bridgehead atoms. The standard InChI is InChI=1S/C11H22O3/c1-8-6-11(4,5)14-9(13-8)10(2,3)7-12/h8-9,12H,6-7H2,1-5H3. The summed E-state index contributed by atoms with van der Waals surface area (Å²) in [5.41, 5.74) is -0.499. The van der Waals surface area contributed by atoms with Crippen molar-refractivity contribution in [1.29, 1.82) is 0 Å². The predicted octanol–water partition coefficient (Wildman–Crippen LogP) is 1.94. The topological polar surface area (TPSA) is 38.7 Å². The monoisotopic (exact) mass is 202 g/mol. The lowest BCUT2D eigenvalue weighted by molar-refractivity contribution is -0.308. The van der Waals surface area contributed by atoms with Crippen molar-refractivity contribution < 1.29 is 14.6 Å². The van der Waals surface area contributed by atoms with Crippen molar-refractivity contribution >= 4 is 0 Å². The lowest BCUT2D eigenvalue weighted by Crippen LogP contribution is -2.50. The Balaban J connectivity index is 2.71. The Morgan fingerprint density at radius 3 is 2.43 bits per heavy atom. The third kappa shape index (κ3) is 2.69. The minimum atomic E-state index is -0.341. The maximum Gasteiger partial charge on any atom is 0.165 e. The quantitative estimate of drug-likeness (QED) is 0.743. The largest absolute Gasteiger partial charge is 0.396 e. The lowest BCUT2D eigenvalue weighted by atomic mass is 9.90. The van der Waals surface area contributed by atoms with E-state index in [1.807, 2.05) is 20.8 Å². The van der Waals surface area contributed by atoms with Crippen LogP contribution in [0.2, 0.25) is 0 Å². The van der Waals surface area contributed by atoms with Crippen molar-refractivity contribution in [1.82, 2.24) is 0 Å². The molecule has 1 heterocycles. The fraction of sp³-hybridized carbons (Fsp3) is 1.00. The van der Waals surface area contributed by atoms with Gasteiger partial charge in [0.25, 0.3) is 0 Å². The molecule has 2 unspecified atom stereocenters. The molecule has 14 heavy (non-hydrogen) atoms. The molecule has 0 saturated carbocycles. The first-order valence-corrected chi connectivity index (χ1v) is 5.21. The zero-order valence-electron chi connectivity index (χ0n) is 9.83. The van der Waals surface area contributed by atoms with Crippen LogP contribution in [0.15, 0.2) is 0 Å². The highest BCUT2D eigenvalue weighted by Crippen LogP contribution is 2.35. The summed E-state index contributed by atoms with van der Waals surface area (Å²) in [5, 5.41) is 9.24. The van der Waals surface area contributed by atoms with Gasteiger partial charge in [-0.15, -0.1) is 0 Å². The molecule has 1 aliphatic rings. The van der Waals surface area contributed by atoms with Crippen LogP contribution in [-0.2, 0) is 9.47 Å². The van der Waals surface area contributed by atoms with Gasteiger partial charge in [0.15, 0.2) is 6.29 Å². The molecule has 0 radical (unpaired) electrons. The Morgan fingerprint density at radius 1 is 1.43 bits per heavy atom. The fourth-order valence-electron chi connectivity index (χ4n) is 1.74. The van der Waals surface area contributed by atoms with Crippen molar-refractivity contribution in [3.05, 3.63) is 0 Å². The van der Waals surface area contributed by atoms with Crippen LogP contribution in [-0.4, -0.2) is 29.7 Å². The molecular formula is C11H22O3. The van der Waals surface area contributed by atoms with Crippen LogP contribution < -0.4 is 0 Å². The molecule has 2 atom stereocenters. The summed E-state index contributed by atoms with van der Waals surface area (Å²) in [4.78, 5) is 0. The molecular weight excluding hydrogens is 180 g/mol. The molecule has 0 aliphatic carbocycles. The Morgan fingerprint density at radius 2 is 2.00 bits per heavy atom. The van der Waals surface area contributed by atoms with Crippen LogP contribution in [0.1, 0.15) is 41.0 Å². The van der Waals surface area contributed by atoms with Gasteiger partial charge in [0.2, 0.25) is 0 Å². The van der Waals surface area contributed by atoms with Gasteiger partial charge in [0.05, 0.1) is 18.3 Å². The van der Waals surface area contributed by atoms with Gasteiger partial charge >= 0.3 is 0 Å². The number of aliphatic hydroxyl groups excluding tert-OH is 1. The first kappa shape index (κ1) is 12.0. The van der Waals surface area contributed by atoms with Gasteiger partial charge in [-0.25, -0.2) is 0 Å². The van der Waals surface area contributed by atoms with E-state index in [1.54, 1.807) is 0 Å². The average molecular weight is 202 g/mol. The highest BCUT2D eigenvalue weighted by molar-refractivity contribution is 4.83. The Kier molecular flexibility index (Phi) is 3.24. The predicted molar refractivity (Wildman–Crippen MR) is 55.0 cm³/mol. The summed E-state index contributed by atoms with van der Waals surface area (Å²) in [6, 6.07) is 0. The zero-order chi connectivity index (χ0) is 11.0. The minimum Gasteiger partial charge on any atom is -0.396 e. The summed E-state index contributed by atoms with van der Waals surface area (Å²) in [7, 11) is 0. The van der Waals surface area contributed by atoms with E-state index in [0.29, 0.717) is 0 Å². The second-order valence-electron chi connectivity index (χ2n) is 5.51. The van der Waals surface area contributed by atoms with Crippen LogP contribution >= 0.6 is 0 Å². The van der Waals surface area contributed by atoms with Crippen molar-refractivity contribution in [3.8, 4) is 0 Å². The third-order valence-electron chi connectivity index (χ3n) is 2.61. The molecule has 0 spiro atoms. The highest BCUT2D eigenvalue weighted by Gasteiger charge is 2.41. The summed E-state index contributed by atoms with van der Waals surface area (Å²) in [6.07, 6.45) is 0.770. The number of aliphatic hydroxyl groups is 1. The Hall–Kier alpha value is -0.120. The molecule has 84 valence electrons. The van der Waals surface area contributed by atoms with E-state index >= 15 is 0 Å². The van der Waals surface area contributed by atoms with E-state index in [2.05, 4.69) is 13.8 Å². The van der Waals surface area contributed by atoms with E-state index < -0.39 is 0 Å². The molecule has 3 nitrogen and oxygen atoms in total. The maximum atomic E-state index is 9.24. The summed E-state index contributed by atoms with van der Waals surface area (Å²) in [5.74, 6) is 0. The second-order valence-corrected chi connectivity index (χ2v) is 5.51. The summed E-state index contributed by atoms with van der Waals surface area (Å²) >= 11 is 0. The normalized spacial score (nSPS) is 33.0. The van der Waals surface area contributed by atoms with Gasteiger partial charge in [-0.3, -0.25) is 0 Å². The minimum absolute atomic E-state index is 0.0699. The van der Waals surface area contributed by atoms with E-state index in [1.165, 1.54) is 0 Å². The van der Waals surface area contributed by atoms with Gasteiger partial charge in [0.1, 0.15) is 0 Å². The van der Waals surface area contributed by atoms with E-state index in [0.717, 1.165) is 6.42 Å². The van der Waals surface area contributed by atoms with Crippen molar-refractivity contribution in [3.63, 3.8) is 0 Å². The number of rotatable bonds is 2. The molecule has 0 aromatic carbocycles. The zero-order valence-corrected chi connectivity index (χ0v) is 9.83. The molecule has 0 amide bonds. The summed E-state index contributed by atoms with van der Waals surface area (Å²) < 4.78 is 11.5. The molecule has 3 heteroatoms. The number of ether oxygens (including phenoxy) is 2. The van der Waals surface area contributed by atoms with Crippen LogP contribution in [0.3, 0.4) is 0 Å². The van der Waals surface area contributed by atoms with Gasteiger partial charge in [-0.1, -0.05) is 13.8 Å². The van der Waals surface area contributed by atoms with Crippen molar-refractivity contribution in [2.24, 2.45) is 5.41 Å². The molecule has 1 aliphatic heterocycles. The smallest absolute Gasteiger partial charge is 0.165 e. The van der Waals surface area contributed by atoms with Crippen LogP contribution in [0.25, 0.3) is 0 Å². The van der Waals surface area contributed by atoms with Crippen molar-refractivity contribution in [2.75, 3.05) is 6.61 Å². The van der Waals surface area contributed by atoms with E-state index in [-0.39, 0.29) is 30.0 Å². The first-order chi connectivity index (χ1) is 6.27. The van der Waals surface area contributed by atoms with Crippen molar-refractivity contribution in [2.45, 2.75) is 59.0 Å². The molecule has 0 aromatic heterocycles. The van der Waals surface area contributed by atoms with Crippen LogP contribution in [0.5, 0.6) is 0 Å².